The first-order valence-corrected chi connectivity index (χ1v) is 9.17. The van der Waals surface area contributed by atoms with Crippen molar-refractivity contribution >= 4 is 10.4 Å². The largest absolute Gasteiger partial charge is 0.500 e. The minimum atomic E-state index is -4.14. The first-order valence-electron chi connectivity index (χ1n) is 7.84. The van der Waals surface area contributed by atoms with Gasteiger partial charge in [0.05, 0.1) is 0 Å². The Balaban J connectivity index is 2.00. The SMILES string of the molecule is CCCc1ccc(OS(=O)(=O)Oc2ccc(CCC)cc2)cc1. The van der Waals surface area contributed by atoms with Crippen LogP contribution < -0.4 is 8.37 Å². The molecule has 0 radical (unpaired) electrons. The van der Waals surface area contributed by atoms with Crippen LogP contribution >= 0.6 is 0 Å². The Hall–Kier alpha value is -2.01. The zero-order chi connectivity index (χ0) is 16.7. The molecule has 2 aromatic rings. The van der Waals surface area contributed by atoms with Gasteiger partial charge >= 0.3 is 10.4 Å². The van der Waals surface area contributed by atoms with Gasteiger partial charge in [0.15, 0.2) is 0 Å². The molecule has 0 spiro atoms. The maximum atomic E-state index is 11.9. The van der Waals surface area contributed by atoms with Crippen molar-refractivity contribution in [3.8, 4) is 11.5 Å². The lowest BCUT2D eigenvalue weighted by molar-refractivity contribution is 0.392. The standard InChI is InChI=1S/C18H22O4S/c1-3-5-15-7-11-17(12-8-15)21-23(19,20)22-18-13-9-16(6-4-2)10-14-18/h7-14H,3-6H2,1-2H3. The molecule has 2 aromatic carbocycles. The third kappa shape index (κ3) is 5.60. The molecule has 0 aliphatic heterocycles. The predicted molar refractivity (Wildman–Crippen MR) is 91.0 cm³/mol. The Labute approximate surface area is 138 Å². The lowest BCUT2D eigenvalue weighted by atomic mass is 10.1. The third-order valence-electron chi connectivity index (χ3n) is 3.32. The number of rotatable bonds is 8. The normalized spacial score (nSPS) is 11.2. The molecule has 0 aromatic heterocycles. The van der Waals surface area contributed by atoms with E-state index in [0.717, 1.165) is 36.8 Å². The van der Waals surface area contributed by atoms with Crippen molar-refractivity contribution in [2.45, 2.75) is 39.5 Å². The number of hydrogen-bond donors (Lipinski definition) is 0. The lowest BCUT2D eigenvalue weighted by Crippen LogP contribution is -2.16. The molecule has 0 heterocycles. The van der Waals surface area contributed by atoms with Crippen LogP contribution in [0.4, 0.5) is 0 Å². The number of aryl methyl sites for hydroxylation is 2. The van der Waals surface area contributed by atoms with Gasteiger partial charge in [-0.05, 0) is 48.2 Å². The van der Waals surface area contributed by atoms with Crippen molar-refractivity contribution in [3.05, 3.63) is 59.7 Å². The van der Waals surface area contributed by atoms with E-state index in [1.54, 1.807) is 24.3 Å². The maximum Gasteiger partial charge on any atom is 0.500 e. The third-order valence-corrected chi connectivity index (χ3v) is 4.11. The van der Waals surface area contributed by atoms with Gasteiger partial charge in [-0.25, -0.2) is 0 Å². The molecule has 0 atom stereocenters. The fourth-order valence-corrected chi connectivity index (χ4v) is 2.98. The van der Waals surface area contributed by atoms with Crippen molar-refractivity contribution in [2.24, 2.45) is 0 Å². The van der Waals surface area contributed by atoms with Crippen LogP contribution in [-0.2, 0) is 23.2 Å². The van der Waals surface area contributed by atoms with E-state index in [0.29, 0.717) is 0 Å². The number of benzene rings is 2. The molecule has 0 bridgehead atoms. The smallest absolute Gasteiger partial charge is 0.353 e. The van der Waals surface area contributed by atoms with Gasteiger partial charge in [0.2, 0.25) is 0 Å². The van der Waals surface area contributed by atoms with Crippen LogP contribution in [0.5, 0.6) is 11.5 Å². The second-order valence-electron chi connectivity index (χ2n) is 5.36. The molecule has 0 N–H and O–H groups in total. The molecule has 0 amide bonds. The lowest BCUT2D eigenvalue weighted by Gasteiger charge is -2.09. The predicted octanol–water partition coefficient (Wildman–Crippen LogP) is 4.29. The summed E-state index contributed by atoms with van der Waals surface area (Å²) >= 11 is 0. The van der Waals surface area contributed by atoms with E-state index < -0.39 is 10.4 Å². The summed E-state index contributed by atoms with van der Waals surface area (Å²) in [5, 5.41) is 0. The van der Waals surface area contributed by atoms with Crippen molar-refractivity contribution < 1.29 is 16.8 Å². The topological polar surface area (TPSA) is 52.6 Å². The van der Waals surface area contributed by atoms with Gasteiger partial charge in [0.1, 0.15) is 11.5 Å². The Morgan fingerprint density at radius 1 is 0.696 bits per heavy atom. The summed E-state index contributed by atoms with van der Waals surface area (Å²) in [5.41, 5.74) is 2.29. The maximum absolute atomic E-state index is 11.9. The molecule has 5 heteroatoms. The second-order valence-corrected chi connectivity index (χ2v) is 6.51. The highest BCUT2D eigenvalue weighted by atomic mass is 32.3. The Kier molecular flexibility index (Phi) is 6.04. The van der Waals surface area contributed by atoms with Crippen LogP contribution in [0.2, 0.25) is 0 Å². The minimum Gasteiger partial charge on any atom is -0.353 e. The highest BCUT2D eigenvalue weighted by Gasteiger charge is 2.15. The molecule has 0 unspecified atom stereocenters. The summed E-state index contributed by atoms with van der Waals surface area (Å²) in [6, 6.07) is 14.0. The van der Waals surface area contributed by atoms with Crippen LogP contribution in [0.15, 0.2) is 48.5 Å². The van der Waals surface area contributed by atoms with E-state index >= 15 is 0 Å². The first-order chi connectivity index (χ1) is 11.0. The van der Waals surface area contributed by atoms with E-state index in [1.165, 1.54) is 0 Å². The van der Waals surface area contributed by atoms with E-state index in [2.05, 4.69) is 13.8 Å². The molecule has 0 saturated heterocycles. The molecule has 124 valence electrons. The van der Waals surface area contributed by atoms with Gasteiger partial charge in [0, 0.05) is 0 Å². The Morgan fingerprint density at radius 2 is 1.04 bits per heavy atom. The van der Waals surface area contributed by atoms with Crippen molar-refractivity contribution in [3.63, 3.8) is 0 Å². The monoisotopic (exact) mass is 334 g/mol. The fraction of sp³-hybridized carbons (Fsp3) is 0.333. The Morgan fingerprint density at radius 3 is 1.35 bits per heavy atom. The highest BCUT2D eigenvalue weighted by Crippen LogP contribution is 2.19. The summed E-state index contributed by atoms with van der Waals surface area (Å²) in [5.74, 6) is 0.486. The molecular weight excluding hydrogens is 312 g/mol. The quantitative estimate of drug-likeness (QED) is 0.722. The summed E-state index contributed by atoms with van der Waals surface area (Å²) in [7, 11) is -4.14. The van der Waals surface area contributed by atoms with Crippen LogP contribution in [0.3, 0.4) is 0 Å². The average Bonchev–Trinajstić information content (AvgIpc) is 2.51. The van der Waals surface area contributed by atoms with Crippen LogP contribution in [0.25, 0.3) is 0 Å². The van der Waals surface area contributed by atoms with Gasteiger partial charge in [0.25, 0.3) is 0 Å². The molecule has 0 aliphatic carbocycles. The summed E-state index contributed by atoms with van der Waals surface area (Å²) in [6.45, 7) is 4.18. The summed E-state index contributed by atoms with van der Waals surface area (Å²) < 4.78 is 33.8. The van der Waals surface area contributed by atoms with E-state index in [-0.39, 0.29) is 11.5 Å². The highest BCUT2D eigenvalue weighted by molar-refractivity contribution is 7.82. The van der Waals surface area contributed by atoms with Gasteiger partial charge in [-0.1, -0.05) is 51.0 Å². The first kappa shape index (κ1) is 17.3. The molecule has 0 saturated carbocycles. The summed E-state index contributed by atoms with van der Waals surface area (Å²) in [4.78, 5) is 0. The molecule has 2 rings (SSSR count). The Bertz CT molecular complexity index is 646. The second kappa shape index (κ2) is 8.02. The summed E-state index contributed by atoms with van der Waals surface area (Å²) in [6.07, 6.45) is 3.98. The van der Waals surface area contributed by atoms with Crippen molar-refractivity contribution in [1.29, 1.82) is 0 Å². The molecule has 0 aliphatic rings. The average molecular weight is 334 g/mol. The van der Waals surface area contributed by atoms with Gasteiger partial charge < -0.3 is 8.37 Å². The number of hydrogen-bond acceptors (Lipinski definition) is 4. The van der Waals surface area contributed by atoms with Crippen LogP contribution in [0.1, 0.15) is 37.8 Å². The van der Waals surface area contributed by atoms with Gasteiger partial charge in [-0.2, -0.15) is 0 Å². The fourth-order valence-electron chi connectivity index (χ4n) is 2.25. The van der Waals surface area contributed by atoms with E-state index in [9.17, 15) is 8.42 Å². The molecular formula is C18H22O4S. The zero-order valence-corrected chi connectivity index (χ0v) is 14.3. The van der Waals surface area contributed by atoms with Gasteiger partial charge in [-0.3, -0.25) is 0 Å². The molecule has 23 heavy (non-hydrogen) atoms. The van der Waals surface area contributed by atoms with Crippen LogP contribution in [0, 0.1) is 0 Å². The van der Waals surface area contributed by atoms with Crippen LogP contribution in [-0.4, -0.2) is 8.42 Å². The minimum absolute atomic E-state index is 0.243. The molecule has 4 nitrogen and oxygen atoms in total. The zero-order valence-electron chi connectivity index (χ0n) is 13.5. The molecule has 0 fully saturated rings. The van der Waals surface area contributed by atoms with Gasteiger partial charge in [-0.15, -0.1) is 8.42 Å². The van der Waals surface area contributed by atoms with E-state index in [1.807, 2.05) is 24.3 Å². The van der Waals surface area contributed by atoms with Crippen molar-refractivity contribution in [1.82, 2.24) is 0 Å². The van der Waals surface area contributed by atoms with Crippen molar-refractivity contribution in [2.75, 3.05) is 0 Å². The van der Waals surface area contributed by atoms with E-state index in [4.69, 9.17) is 8.37 Å².